The van der Waals surface area contributed by atoms with Crippen molar-refractivity contribution in [3.05, 3.63) is 40.9 Å². The van der Waals surface area contributed by atoms with Crippen LogP contribution < -0.4 is 0 Å². The maximum atomic E-state index is 12.9. The minimum Gasteiger partial charge on any atom is -0.335 e. The van der Waals surface area contributed by atoms with Crippen LogP contribution in [0.1, 0.15) is 16.1 Å². The number of thiazole rings is 1. The quantitative estimate of drug-likeness (QED) is 0.767. The molecule has 0 radical (unpaired) electrons. The van der Waals surface area contributed by atoms with E-state index in [1.54, 1.807) is 0 Å². The zero-order valence-electron chi connectivity index (χ0n) is 14.2. The van der Waals surface area contributed by atoms with Crippen molar-refractivity contribution in [2.75, 3.05) is 32.4 Å². The molecule has 0 unspecified atom stereocenters. The summed E-state index contributed by atoms with van der Waals surface area (Å²) in [6, 6.07) is 4.78. The molecule has 11 heteroatoms. The highest BCUT2D eigenvalue weighted by molar-refractivity contribution is 7.88. The molecule has 3 rings (SSSR count). The van der Waals surface area contributed by atoms with Gasteiger partial charge in [0.05, 0.1) is 11.8 Å². The standard InChI is InChI=1S/C16H16F3N3O3S2/c1-27(24,25)22-7-5-21(6-8-22)15(23)13-10-26-14(20-13)11-3-2-4-12(9-11)16(17,18)19/h2-4,9-10H,5-8H2,1H3. The average molecular weight is 419 g/mol. The topological polar surface area (TPSA) is 70.6 Å². The highest BCUT2D eigenvalue weighted by atomic mass is 32.2. The maximum Gasteiger partial charge on any atom is 0.416 e. The molecule has 6 nitrogen and oxygen atoms in total. The number of alkyl halides is 3. The summed E-state index contributed by atoms with van der Waals surface area (Å²) in [6.45, 7) is 0.884. The van der Waals surface area contributed by atoms with Crippen LogP contribution in [0.5, 0.6) is 0 Å². The first-order chi connectivity index (χ1) is 12.6. The molecule has 1 fully saturated rings. The van der Waals surface area contributed by atoms with Crippen molar-refractivity contribution in [3.63, 3.8) is 0 Å². The number of benzene rings is 1. The Kier molecular flexibility index (Phi) is 5.28. The van der Waals surface area contributed by atoms with E-state index in [4.69, 9.17) is 0 Å². The molecule has 1 amide bonds. The Balaban J connectivity index is 1.74. The molecule has 0 bridgehead atoms. The van der Waals surface area contributed by atoms with Gasteiger partial charge in [0.25, 0.3) is 5.91 Å². The lowest BCUT2D eigenvalue weighted by Gasteiger charge is -2.32. The van der Waals surface area contributed by atoms with Crippen LogP contribution in [0.3, 0.4) is 0 Å². The van der Waals surface area contributed by atoms with E-state index >= 15 is 0 Å². The van der Waals surface area contributed by atoms with Gasteiger partial charge in [0.1, 0.15) is 10.7 Å². The number of carbonyl (C=O) groups is 1. The summed E-state index contributed by atoms with van der Waals surface area (Å²) in [7, 11) is -3.30. The van der Waals surface area contributed by atoms with Gasteiger partial charge in [-0.3, -0.25) is 4.79 Å². The number of nitrogens with zero attached hydrogens (tertiary/aromatic N) is 3. The molecule has 27 heavy (non-hydrogen) atoms. The van der Waals surface area contributed by atoms with Crippen molar-refractivity contribution >= 4 is 27.3 Å². The smallest absolute Gasteiger partial charge is 0.335 e. The van der Waals surface area contributed by atoms with Gasteiger partial charge in [0, 0.05) is 37.1 Å². The highest BCUT2D eigenvalue weighted by Gasteiger charge is 2.31. The molecule has 1 aliphatic rings. The lowest BCUT2D eigenvalue weighted by molar-refractivity contribution is -0.137. The fourth-order valence-electron chi connectivity index (χ4n) is 2.72. The third kappa shape index (κ3) is 4.47. The second-order valence-electron chi connectivity index (χ2n) is 6.07. The summed E-state index contributed by atoms with van der Waals surface area (Å²) >= 11 is 1.09. The first-order valence-electron chi connectivity index (χ1n) is 7.93. The van der Waals surface area contributed by atoms with Crippen molar-refractivity contribution in [1.29, 1.82) is 0 Å². The van der Waals surface area contributed by atoms with E-state index in [9.17, 15) is 26.4 Å². The summed E-state index contributed by atoms with van der Waals surface area (Å²) in [4.78, 5) is 18.2. The second kappa shape index (κ2) is 7.21. The number of piperazine rings is 1. The first kappa shape index (κ1) is 19.8. The van der Waals surface area contributed by atoms with Gasteiger partial charge in [0.15, 0.2) is 0 Å². The van der Waals surface area contributed by atoms with Crippen LogP contribution >= 0.6 is 11.3 Å². The molecule has 0 aliphatic carbocycles. The lowest BCUT2D eigenvalue weighted by atomic mass is 10.1. The maximum absolute atomic E-state index is 12.9. The number of rotatable bonds is 3. The summed E-state index contributed by atoms with van der Waals surface area (Å²) in [5.41, 5.74) is -0.351. The number of hydrogen-bond donors (Lipinski definition) is 0. The van der Waals surface area contributed by atoms with Gasteiger partial charge >= 0.3 is 6.18 Å². The van der Waals surface area contributed by atoms with E-state index in [1.807, 2.05) is 0 Å². The van der Waals surface area contributed by atoms with Gasteiger partial charge in [-0.15, -0.1) is 11.3 Å². The number of aromatic nitrogens is 1. The molecule has 0 spiro atoms. The van der Waals surface area contributed by atoms with Gasteiger partial charge in [-0.05, 0) is 12.1 Å². The van der Waals surface area contributed by atoms with Crippen LogP contribution in [0.2, 0.25) is 0 Å². The van der Waals surface area contributed by atoms with Gasteiger partial charge in [-0.1, -0.05) is 12.1 Å². The van der Waals surface area contributed by atoms with Crippen molar-refractivity contribution < 1.29 is 26.4 Å². The number of carbonyl (C=O) groups excluding carboxylic acids is 1. The van der Waals surface area contributed by atoms with E-state index in [1.165, 1.54) is 26.7 Å². The minimum atomic E-state index is -4.45. The second-order valence-corrected chi connectivity index (χ2v) is 8.91. The van der Waals surface area contributed by atoms with E-state index in [0.29, 0.717) is 5.01 Å². The van der Waals surface area contributed by atoms with Crippen LogP contribution in [0.15, 0.2) is 29.6 Å². The third-order valence-electron chi connectivity index (χ3n) is 4.16. The number of halogens is 3. The Morgan fingerprint density at radius 2 is 1.85 bits per heavy atom. The molecule has 1 saturated heterocycles. The van der Waals surface area contributed by atoms with Crippen LogP contribution in [0.25, 0.3) is 10.6 Å². The van der Waals surface area contributed by atoms with Crippen molar-refractivity contribution in [3.8, 4) is 10.6 Å². The highest BCUT2D eigenvalue weighted by Crippen LogP contribution is 2.33. The van der Waals surface area contributed by atoms with Crippen LogP contribution in [-0.4, -0.2) is 60.9 Å². The van der Waals surface area contributed by atoms with Gasteiger partial charge in [-0.2, -0.15) is 17.5 Å². The monoisotopic (exact) mass is 419 g/mol. The Morgan fingerprint density at radius 3 is 2.44 bits per heavy atom. The first-order valence-corrected chi connectivity index (χ1v) is 10.7. The molecule has 1 aliphatic heterocycles. The summed E-state index contributed by atoms with van der Waals surface area (Å²) in [5.74, 6) is -0.363. The van der Waals surface area contributed by atoms with E-state index in [0.717, 1.165) is 29.7 Å². The molecule has 0 saturated carbocycles. The largest absolute Gasteiger partial charge is 0.416 e. The lowest BCUT2D eigenvalue weighted by Crippen LogP contribution is -2.50. The predicted octanol–water partition coefficient (Wildman–Crippen LogP) is 2.55. The molecular formula is C16H16F3N3O3S2. The van der Waals surface area contributed by atoms with Crippen LogP contribution in [-0.2, 0) is 16.2 Å². The number of sulfonamides is 1. The molecule has 0 N–H and O–H groups in total. The fourth-order valence-corrected chi connectivity index (χ4v) is 4.34. The summed E-state index contributed by atoms with van der Waals surface area (Å²) < 4.78 is 62.9. The SMILES string of the molecule is CS(=O)(=O)N1CCN(C(=O)c2csc(-c3cccc(C(F)(F)F)c3)n2)CC1. The van der Waals surface area contributed by atoms with Gasteiger partial charge in [0.2, 0.25) is 10.0 Å². The third-order valence-corrected chi connectivity index (χ3v) is 6.35. The normalized spacial score (nSPS) is 16.5. The molecule has 2 heterocycles. The Hall–Kier alpha value is -1.98. The zero-order valence-corrected chi connectivity index (χ0v) is 15.9. The Bertz CT molecular complexity index is 949. The molecule has 2 aromatic rings. The van der Waals surface area contributed by atoms with Crippen molar-refractivity contribution in [2.45, 2.75) is 6.18 Å². The Labute approximate surface area is 158 Å². The van der Waals surface area contributed by atoms with Crippen molar-refractivity contribution in [1.82, 2.24) is 14.2 Å². The van der Waals surface area contributed by atoms with Crippen LogP contribution in [0, 0.1) is 0 Å². The van der Waals surface area contributed by atoms with E-state index < -0.39 is 21.8 Å². The summed E-state index contributed by atoms with van der Waals surface area (Å²) in [6.07, 6.45) is -3.34. The number of amides is 1. The van der Waals surface area contributed by atoms with E-state index in [-0.39, 0.29) is 43.3 Å². The molecule has 1 aromatic heterocycles. The molecule has 146 valence electrons. The minimum absolute atomic E-state index is 0.139. The molecule has 1 aromatic carbocycles. The number of hydrogen-bond acceptors (Lipinski definition) is 5. The summed E-state index contributed by atoms with van der Waals surface area (Å²) in [5, 5.41) is 1.82. The average Bonchev–Trinajstić information content (AvgIpc) is 3.10. The van der Waals surface area contributed by atoms with Crippen molar-refractivity contribution in [2.24, 2.45) is 0 Å². The molecule has 0 atom stereocenters. The molecular weight excluding hydrogens is 403 g/mol. The van der Waals surface area contributed by atoms with Crippen LogP contribution in [0.4, 0.5) is 13.2 Å². The zero-order chi connectivity index (χ0) is 19.8. The van der Waals surface area contributed by atoms with Gasteiger partial charge in [-0.25, -0.2) is 13.4 Å². The fraction of sp³-hybridized carbons (Fsp3) is 0.375. The predicted molar refractivity (Wildman–Crippen MR) is 94.9 cm³/mol. The van der Waals surface area contributed by atoms with Gasteiger partial charge < -0.3 is 4.90 Å². The van der Waals surface area contributed by atoms with E-state index in [2.05, 4.69) is 4.98 Å². The Morgan fingerprint density at radius 1 is 1.19 bits per heavy atom.